The van der Waals surface area contributed by atoms with Crippen molar-refractivity contribution in [1.29, 1.82) is 0 Å². The van der Waals surface area contributed by atoms with Crippen molar-refractivity contribution in [2.45, 2.75) is 20.0 Å². The van der Waals surface area contributed by atoms with Gasteiger partial charge in [0.2, 0.25) is 0 Å². The van der Waals surface area contributed by atoms with Gasteiger partial charge in [-0.1, -0.05) is 17.7 Å². The number of aromatic nitrogens is 1. The van der Waals surface area contributed by atoms with Gasteiger partial charge in [0.15, 0.2) is 5.78 Å². The molecule has 0 aliphatic carbocycles. The number of pyridine rings is 1. The Morgan fingerprint density at radius 1 is 1.32 bits per heavy atom. The molecule has 1 N–H and O–H groups in total. The van der Waals surface area contributed by atoms with Crippen LogP contribution in [0.2, 0.25) is 5.02 Å². The summed E-state index contributed by atoms with van der Waals surface area (Å²) in [6.45, 7) is 2.86. The predicted octanol–water partition coefficient (Wildman–Crippen LogP) is 4.64. The molecule has 1 aromatic carbocycles. The van der Waals surface area contributed by atoms with Gasteiger partial charge < -0.3 is 5.11 Å². The number of ketones is 1. The first-order chi connectivity index (χ1) is 10.1. The van der Waals surface area contributed by atoms with Crippen LogP contribution in [0.25, 0.3) is 11.1 Å². The molecule has 2 aromatic rings. The lowest BCUT2D eigenvalue weighted by molar-refractivity contribution is -0.141. The van der Waals surface area contributed by atoms with E-state index in [9.17, 15) is 23.1 Å². The number of benzene rings is 1. The maximum Gasteiger partial charge on any atom is 0.433 e. The average Bonchev–Trinajstić information content (AvgIpc) is 2.42. The third-order valence-corrected chi connectivity index (χ3v) is 3.61. The highest BCUT2D eigenvalue weighted by Gasteiger charge is 2.32. The summed E-state index contributed by atoms with van der Waals surface area (Å²) in [5.74, 6) is -0.725. The number of carbonyl (C=O) groups excluding carboxylic acids is 1. The molecule has 116 valence electrons. The van der Waals surface area contributed by atoms with Crippen molar-refractivity contribution < 1.29 is 23.1 Å². The van der Waals surface area contributed by atoms with Crippen LogP contribution in [0.1, 0.15) is 28.5 Å². The minimum atomic E-state index is -4.55. The number of carbonyl (C=O) groups is 1. The van der Waals surface area contributed by atoms with Crippen LogP contribution in [0, 0.1) is 6.92 Å². The Kier molecular flexibility index (Phi) is 4.15. The summed E-state index contributed by atoms with van der Waals surface area (Å²) >= 11 is 6.03. The molecule has 0 saturated heterocycles. The smallest absolute Gasteiger partial charge is 0.433 e. The molecular formula is C15H11ClF3NO2. The van der Waals surface area contributed by atoms with Gasteiger partial charge in [0.25, 0.3) is 0 Å². The van der Waals surface area contributed by atoms with E-state index in [1.807, 2.05) is 0 Å². The zero-order valence-corrected chi connectivity index (χ0v) is 12.4. The van der Waals surface area contributed by atoms with Crippen molar-refractivity contribution in [2.24, 2.45) is 0 Å². The van der Waals surface area contributed by atoms with Crippen molar-refractivity contribution in [3.63, 3.8) is 0 Å². The average molecular weight is 330 g/mol. The van der Waals surface area contributed by atoms with Gasteiger partial charge in [-0.05, 0) is 31.5 Å². The fraction of sp³-hybridized carbons (Fsp3) is 0.200. The van der Waals surface area contributed by atoms with Crippen LogP contribution in [-0.2, 0) is 6.18 Å². The summed E-state index contributed by atoms with van der Waals surface area (Å²) in [4.78, 5) is 14.9. The fourth-order valence-corrected chi connectivity index (χ4v) is 2.27. The molecule has 7 heteroatoms. The normalized spacial score (nSPS) is 11.5. The number of hydrogen-bond donors (Lipinski definition) is 1. The van der Waals surface area contributed by atoms with Crippen molar-refractivity contribution in [3.8, 4) is 16.9 Å². The van der Waals surface area contributed by atoms with Crippen LogP contribution >= 0.6 is 11.6 Å². The van der Waals surface area contributed by atoms with Crippen LogP contribution in [0.5, 0.6) is 5.75 Å². The zero-order valence-electron chi connectivity index (χ0n) is 11.6. The first-order valence-corrected chi connectivity index (χ1v) is 6.57. The van der Waals surface area contributed by atoms with E-state index in [1.165, 1.54) is 19.1 Å². The van der Waals surface area contributed by atoms with E-state index < -0.39 is 17.7 Å². The zero-order chi connectivity index (χ0) is 16.7. The molecule has 0 unspecified atom stereocenters. The van der Waals surface area contributed by atoms with Gasteiger partial charge in [0.1, 0.15) is 11.4 Å². The number of Topliss-reactive ketones (excluding diaryl/α,β-unsaturated/α-hetero) is 1. The highest BCUT2D eigenvalue weighted by Crippen LogP contribution is 2.39. The lowest BCUT2D eigenvalue weighted by Gasteiger charge is -2.14. The lowest BCUT2D eigenvalue weighted by Crippen LogP contribution is -2.07. The molecule has 0 bridgehead atoms. The molecule has 0 saturated carbocycles. The van der Waals surface area contributed by atoms with Gasteiger partial charge in [0, 0.05) is 22.3 Å². The summed E-state index contributed by atoms with van der Waals surface area (Å²) in [6, 6.07) is 3.32. The van der Waals surface area contributed by atoms with Gasteiger partial charge in [0.05, 0.1) is 5.56 Å². The largest absolute Gasteiger partial charge is 0.507 e. The second kappa shape index (κ2) is 5.61. The fourth-order valence-electron chi connectivity index (χ4n) is 2.07. The van der Waals surface area contributed by atoms with E-state index >= 15 is 0 Å². The monoisotopic (exact) mass is 329 g/mol. The van der Waals surface area contributed by atoms with E-state index in [-0.39, 0.29) is 27.5 Å². The molecule has 1 heterocycles. The predicted molar refractivity (Wildman–Crippen MR) is 76.1 cm³/mol. The molecule has 0 radical (unpaired) electrons. The van der Waals surface area contributed by atoms with E-state index in [4.69, 9.17) is 11.6 Å². The number of hydrogen-bond acceptors (Lipinski definition) is 3. The molecule has 0 fully saturated rings. The van der Waals surface area contributed by atoms with Crippen LogP contribution in [0.4, 0.5) is 13.2 Å². The Labute approximate surface area is 129 Å². The molecule has 0 atom stereocenters. The molecule has 2 rings (SSSR count). The Hall–Kier alpha value is -2.08. The van der Waals surface area contributed by atoms with Crippen LogP contribution in [-0.4, -0.2) is 15.9 Å². The number of phenols is 1. The first kappa shape index (κ1) is 16.3. The molecule has 0 aliphatic rings. The van der Waals surface area contributed by atoms with Crippen LogP contribution in [0.15, 0.2) is 24.4 Å². The lowest BCUT2D eigenvalue weighted by atomic mass is 9.96. The van der Waals surface area contributed by atoms with Gasteiger partial charge in [-0.15, -0.1) is 0 Å². The third kappa shape index (κ3) is 2.92. The van der Waals surface area contributed by atoms with Gasteiger partial charge in [-0.2, -0.15) is 13.2 Å². The Morgan fingerprint density at radius 3 is 2.41 bits per heavy atom. The van der Waals surface area contributed by atoms with E-state index in [2.05, 4.69) is 4.98 Å². The molecular weight excluding hydrogens is 319 g/mol. The van der Waals surface area contributed by atoms with Crippen molar-refractivity contribution in [1.82, 2.24) is 4.98 Å². The van der Waals surface area contributed by atoms with Gasteiger partial charge in [-0.25, -0.2) is 0 Å². The third-order valence-electron chi connectivity index (χ3n) is 3.22. The second-order valence-corrected chi connectivity index (χ2v) is 5.15. The molecule has 3 nitrogen and oxygen atoms in total. The number of phenolic OH excluding ortho intramolecular Hbond substituents is 1. The van der Waals surface area contributed by atoms with Gasteiger partial charge in [-0.3, -0.25) is 9.78 Å². The molecule has 22 heavy (non-hydrogen) atoms. The number of alkyl halides is 3. The van der Waals surface area contributed by atoms with Crippen molar-refractivity contribution >= 4 is 17.4 Å². The van der Waals surface area contributed by atoms with E-state index in [1.54, 1.807) is 6.92 Å². The van der Waals surface area contributed by atoms with E-state index in [0.29, 0.717) is 5.56 Å². The summed E-state index contributed by atoms with van der Waals surface area (Å²) < 4.78 is 37.6. The quantitative estimate of drug-likeness (QED) is 0.817. The van der Waals surface area contributed by atoms with Gasteiger partial charge >= 0.3 is 6.18 Å². The van der Waals surface area contributed by atoms with Crippen LogP contribution < -0.4 is 0 Å². The van der Waals surface area contributed by atoms with E-state index in [0.717, 1.165) is 12.3 Å². The molecule has 0 spiro atoms. The standard InChI is InChI=1S/C15H11ClF3NO2/c1-7-11(16)5-10(8(2)21)14(22)13(7)9-3-4-12(20-6-9)15(17,18)19/h3-6,22H,1-2H3. The Morgan fingerprint density at radius 2 is 1.95 bits per heavy atom. The number of aromatic hydroxyl groups is 1. The maximum atomic E-state index is 12.5. The van der Waals surface area contributed by atoms with Crippen molar-refractivity contribution in [2.75, 3.05) is 0 Å². The highest BCUT2D eigenvalue weighted by atomic mass is 35.5. The number of halogens is 4. The van der Waals surface area contributed by atoms with Crippen molar-refractivity contribution in [3.05, 3.63) is 46.2 Å². The number of nitrogens with zero attached hydrogens (tertiary/aromatic N) is 1. The van der Waals surface area contributed by atoms with Crippen LogP contribution in [0.3, 0.4) is 0 Å². The molecule has 1 aromatic heterocycles. The SMILES string of the molecule is CC(=O)c1cc(Cl)c(C)c(-c2ccc(C(F)(F)F)nc2)c1O. The second-order valence-electron chi connectivity index (χ2n) is 4.74. The number of rotatable bonds is 2. The first-order valence-electron chi connectivity index (χ1n) is 6.19. The summed E-state index contributed by atoms with van der Waals surface area (Å²) in [6.07, 6.45) is -3.56. The highest BCUT2D eigenvalue weighted by molar-refractivity contribution is 6.32. The summed E-state index contributed by atoms with van der Waals surface area (Å²) in [5, 5.41) is 10.5. The molecule has 0 amide bonds. The Balaban J connectivity index is 2.64. The topological polar surface area (TPSA) is 50.2 Å². The maximum absolute atomic E-state index is 12.5. The molecule has 0 aliphatic heterocycles. The Bertz CT molecular complexity index is 740. The summed E-state index contributed by atoms with van der Waals surface area (Å²) in [5.41, 5.74) is -0.148. The minimum absolute atomic E-state index is 0.00509. The minimum Gasteiger partial charge on any atom is -0.507 e. The summed E-state index contributed by atoms with van der Waals surface area (Å²) in [7, 11) is 0.